The topological polar surface area (TPSA) is 169 Å². The molecule has 1 fully saturated rings. The summed E-state index contributed by atoms with van der Waals surface area (Å²) in [6.45, 7) is 3.75. The van der Waals surface area contributed by atoms with E-state index in [0.717, 1.165) is 33.7 Å². The number of nitrogens with zero attached hydrogens (tertiary/aromatic N) is 10. The number of fused-ring (bicyclic) bond motifs is 2. The maximum Gasteiger partial charge on any atom is 0.416 e. The van der Waals surface area contributed by atoms with Crippen molar-refractivity contribution in [2.24, 2.45) is 7.05 Å². The summed E-state index contributed by atoms with van der Waals surface area (Å²) >= 11 is 6.14. The van der Waals surface area contributed by atoms with E-state index in [0.29, 0.717) is 11.3 Å². The van der Waals surface area contributed by atoms with Crippen LogP contribution in [0.1, 0.15) is 34.4 Å². The van der Waals surface area contributed by atoms with Gasteiger partial charge in [-0.1, -0.05) is 18.5 Å². The number of carbonyl (C=O) groups is 2. The molecule has 1 aliphatic rings. The molecule has 1 aliphatic heterocycles. The number of piperazine rings is 1. The highest BCUT2D eigenvalue weighted by Crippen LogP contribution is 2.34. The number of anilines is 2. The number of amides is 2. The van der Waals surface area contributed by atoms with Gasteiger partial charge in [-0.3, -0.25) is 19.4 Å². The molecule has 7 rings (SSSR count). The zero-order chi connectivity index (χ0) is 37.8. The molecule has 6 heterocycles. The van der Waals surface area contributed by atoms with Gasteiger partial charge >= 0.3 is 6.18 Å². The molecule has 0 aliphatic carbocycles. The third-order valence-electron chi connectivity index (χ3n) is 9.12. The molecule has 19 heteroatoms. The maximum absolute atomic E-state index is 14.3. The Morgan fingerprint density at radius 3 is 2.51 bits per heavy atom. The van der Waals surface area contributed by atoms with E-state index in [2.05, 4.69) is 30.4 Å². The van der Waals surface area contributed by atoms with Crippen LogP contribution in [0.2, 0.25) is 5.02 Å². The van der Waals surface area contributed by atoms with Gasteiger partial charge in [0.05, 0.1) is 38.7 Å². The molecule has 0 saturated carbocycles. The first-order valence-corrected chi connectivity index (χ1v) is 16.8. The summed E-state index contributed by atoms with van der Waals surface area (Å²) < 4.78 is 44.3. The number of carbonyl (C=O) groups excluding carboxylic acids is 2. The summed E-state index contributed by atoms with van der Waals surface area (Å²) in [4.78, 5) is 61.6. The Labute approximate surface area is 303 Å². The van der Waals surface area contributed by atoms with Crippen LogP contribution in [0.25, 0.3) is 28.2 Å². The van der Waals surface area contributed by atoms with Gasteiger partial charge in [-0.25, -0.2) is 9.97 Å². The minimum Gasteiger partial charge on any atom is -0.504 e. The summed E-state index contributed by atoms with van der Waals surface area (Å²) in [6.07, 6.45) is 0.281. The summed E-state index contributed by atoms with van der Waals surface area (Å²) in [7, 11) is 1.86. The van der Waals surface area contributed by atoms with E-state index < -0.39 is 35.7 Å². The molecule has 5 aromatic heterocycles. The van der Waals surface area contributed by atoms with Crippen LogP contribution in [0.4, 0.5) is 24.5 Å². The van der Waals surface area contributed by atoms with Gasteiger partial charge in [0.25, 0.3) is 11.5 Å². The summed E-state index contributed by atoms with van der Waals surface area (Å²) in [6, 6.07) is 6.30. The highest BCUT2D eigenvalue weighted by atomic mass is 35.5. The lowest BCUT2D eigenvalue weighted by atomic mass is 10.2. The summed E-state index contributed by atoms with van der Waals surface area (Å²) in [5.74, 6) is -1.22. The number of aromatic nitrogens is 8. The fourth-order valence-corrected chi connectivity index (χ4v) is 6.57. The number of hydrogen-bond donors (Lipinski definition) is 2. The van der Waals surface area contributed by atoms with E-state index in [1.165, 1.54) is 15.8 Å². The number of nitrogens with one attached hydrogen (secondary N) is 1. The third kappa shape index (κ3) is 6.49. The number of hydrogen-bond acceptors (Lipinski definition) is 10. The molecule has 0 radical (unpaired) electrons. The van der Waals surface area contributed by atoms with Gasteiger partial charge in [0.15, 0.2) is 17.3 Å². The lowest BCUT2D eigenvalue weighted by Gasteiger charge is -2.36. The second-order valence-corrected chi connectivity index (χ2v) is 12.8. The van der Waals surface area contributed by atoms with Crippen molar-refractivity contribution < 1.29 is 27.9 Å². The summed E-state index contributed by atoms with van der Waals surface area (Å²) in [5.41, 5.74) is 1.38. The number of benzene rings is 1. The predicted octanol–water partition coefficient (Wildman–Crippen LogP) is 4.08. The van der Waals surface area contributed by atoms with Crippen molar-refractivity contribution in [3.8, 4) is 17.1 Å². The molecule has 0 atom stereocenters. The van der Waals surface area contributed by atoms with Crippen molar-refractivity contribution in [3.63, 3.8) is 0 Å². The molecular weight excluding hydrogens is 719 g/mol. The van der Waals surface area contributed by atoms with E-state index in [9.17, 15) is 32.7 Å². The number of halogens is 4. The lowest BCUT2D eigenvalue weighted by Crippen LogP contribution is -2.51. The second kappa shape index (κ2) is 13.5. The van der Waals surface area contributed by atoms with E-state index in [4.69, 9.17) is 11.6 Å². The number of aryl methyl sites for hydroxylation is 2. The Bertz CT molecular complexity index is 2490. The van der Waals surface area contributed by atoms with Crippen LogP contribution in [0.5, 0.6) is 5.75 Å². The standard InChI is InChI=1S/C34H31ClF3N11O4/c1-4-24-28(46-9-11-47(12-10-46)31(52)27-29(51)18(2)40-17-41-27)32(53)49-33(43-30(44-49)19-13-25-23(39-15-19)7-8-45(25)3)48(24)16-26(50)42-22-6-5-20(14-21(22)35)34(36,37)38/h5-8,13-15,17,51H,4,9-12,16H2,1-3H3,(H,42,50). The van der Waals surface area contributed by atoms with Crippen molar-refractivity contribution in [2.45, 2.75) is 33.0 Å². The zero-order valence-electron chi connectivity index (χ0n) is 28.5. The summed E-state index contributed by atoms with van der Waals surface area (Å²) in [5, 5.41) is 17.2. The first kappa shape index (κ1) is 35.4. The Balaban J connectivity index is 1.27. The second-order valence-electron chi connectivity index (χ2n) is 12.4. The number of aromatic hydroxyl groups is 1. The van der Waals surface area contributed by atoms with Gasteiger partial charge < -0.3 is 29.4 Å². The van der Waals surface area contributed by atoms with Crippen molar-refractivity contribution in [1.29, 1.82) is 0 Å². The minimum atomic E-state index is -4.62. The Hall–Kier alpha value is -6.04. The van der Waals surface area contributed by atoms with Crippen molar-refractivity contribution in [1.82, 2.24) is 43.6 Å². The smallest absolute Gasteiger partial charge is 0.416 e. The SMILES string of the molecule is CCc1c(N2CCN(C(=O)c3ncnc(C)c3O)CC2)c(=O)n2nc(-c3cnc4ccn(C)c4c3)nc2n1CC(=O)Nc1ccc(C(F)(F)F)cc1Cl. The zero-order valence-corrected chi connectivity index (χ0v) is 29.3. The van der Waals surface area contributed by atoms with Gasteiger partial charge in [-0.15, -0.1) is 5.10 Å². The van der Waals surface area contributed by atoms with E-state index in [-0.39, 0.29) is 77.7 Å². The van der Waals surface area contributed by atoms with Crippen LogP contribution < -0.4 is 15.8 Å². The average Bonchev–Trinajstić information content (AvgIpc) is 3.75. The van der Waals surface area contributed by atoms with Gasteiger partial charge in [0.1, 0.15) is 18.6 Å². The van der Waals surface area contributed by atoms with Gasteiger partial charge in [-0.05, 0) is 43.7 Å². The average molecular weight is 750 g/mol. The molecule has 274 valence electrons. The highest BCUT2D eigenvalue weighted by molar-refractivity contribution is 6.33. The number of alkyl halides is 3. The van der Waals surface area contributed by atoms with Gasteiger partial charge in [-0.2, -0.15) is 22.7 Å². The predicted molar refractivity (Wildman–Crippen MR) is 188 cm³/mol. The molecule has 15 nitrogen and oxygen atoms in total. The molecule has 1 aromatic carbocycles. The van der Waals surface area contributed by atoms with Crippen LogP contribution in [0, 0.1) is 6.92 Å². The van der Waals surface area contributed by atoms with Gasteiger partial charge in [0, 0.05) is 51.2 Å². The normalized spacial score (nSPS) is 13.6. The Morgan fingerprint density at radius 2 is 1.81 bits per heavy atom. The van der Waals surface area contributed by atoms with Crippen LogP contribution in [0.15, 0.2) is 53.8 Å². The van der Waals surface area contributed by atoms with Crippen LogP contribution in [-0.4, -0.2) is 86.7 Å². The van der Waals surface area contributed by atoms with E-state index in [1.54, 1.807) is 24.9 Å². The van der Waals surface area contributed by atoms with Crippen molar-refractivity contribution in [2.75, 3.05) is 36.4 Å². The molecular formula is C34H31ClF3N11O4. The molecule has 2 N–H and O–H groups in total. The van der Waals surface area contributed by atoms with Crippen molar-refractivity contribution >= 4 is 51.6 Å². The molecule has 2 amide bonds. The fourth-order valence-electron chi connectivity index (χ4n) is 6.34. The van der Waals surface area contributed by atoms with E-state index >= 15 is 0 Å². The molecule has 6 aromatic rings. The van der Waals surface area contributed by atoms with Crippen LogP contribution in [-0.2, 0) is 31.0 Å². The quantitative estimate of drug-likeness (QED) is 0.243. The molecule has 0 unspecified atom stereocenters. The van der Waals surface area contributed by atoms with Crippen molar-refractivity contribution in [3.05, 3.63) is 87.1 Å². The Kier molecular flexibility index (Phi) is 9.01. The fraction of sp³-hybridized carbons (Fsp3) is 0.294. The maximum atomic E-state index is 14.3. The first-order valence-electron chi connectivity index (χ1n) is 16.4. The Morgan fingerprint density at radius 1 is 1.06 bits per heavy atom. The number of rotatable bonds is 7. The van der Waals surface area contributed by atoms with Crippen LogP contribution >= 0.6 is 11.6 Å². The van der Waals surface area contributed by atoms with E-state index in [1.807, 2.05) is 29.9 Å². The molecule has 0 spiro atoms. The third-order valence-corrected chi connectivity index (χ3v) is 9.43. The minimum absolute atomic E-state index is 0.0326. The molecule has 0 bridgehead atoms. The van der Waals surface area contributed by atoms with Gasteiger partial charge in [0.2, 0.25) is 11.7 Å². The lowest BCUT2D eigenvalue weighted by molar-refractivity contribution is -0.137. The molecule has 1 saturated heterocycles. The highest BCUT2D eigenvalue weighted by Gasteiger charge is 2.32. The monoisotopic (exact) mass is 749 g/mol. The largest absolute Gasteiger partial charge is 0.504 e. The number of pyridine rings is 1. The molecule has 53 heavy (non-hydrogen) atoms. The van der Waals surface area contributed by atoms with Crippen LogP contribution in [0.3, 0.4) is 0 Å². The first-order chi connectivity index (χ1) is 25.2.